The van der Waals surface area contributed by atoms with Crippen LogP contribution in [0.15, 0.2) is 43.9 Å². The highest BCUT2D eigenvalue weighted by molar-refractivity contribution is 6.02. The molecule has 5 rings (SSSR count). The van der Waals surface area contributed by atoms with Gasteiger partial charge in [-0.25, -0.2) is 9.59 Å². The third-order valence-electron chi connectivity index (χ3n) is 12.2. The molecule has 8 atom stereocenters. The number of nitrogens with two attached hydrogens (primary N) is 2. The fourth-order valence-electron chi connectivity index (χ4n) is 9.45. The first-order chi connectivity index (χ1) is 23.6. The van der Waals surface area contributed by atoms with Crippen LogP contribution in [-0.2, 0) is 23.9 Å². The molecule has 14 heteroatoms. The van der Waals surface area contributed by atoms with Gasteiger partial charge >= 0.3 is 17.6 Å². The average Bonchev–Trinajstić information content (AvgIpc) is 3.35. The number of ketones is 1. The van der Waals surface area contributed by atoms with E-state index < -0.39 is 57.6 Å². The second kappa shape index (κ2) is 14.6. The van der Waals surface area contributed by atoms with E-state index in [1.807, 2.05) is 0 Å². The minimum atomic E-state index is -1.37. The fourth-order valence-corrected chi connectivity index (χ4v) is 9.45. The highest BCUT2D eigenvalue weighted by Gasteiger charge is 2.70. The predicted octanol–water partition coefficient (Wildman–Crippen LogP) is 2.96. The summed E-state index contributed by atoms with van der Waals surface area (Å²) in [4.78, 5) is 66.1. The molecule has 14 nitrogen and oxygen atoms in total. The molecule has 274 valence electrons. The third-order valence-corrected chi connectivity index (χ3v) is 12.2. The van der Waals surface area contributed by atoms with E-state index in [9.17, 15) is 39.3 Å². The van der Waals surface area contributed by atoms with E-state index in [1.54, 1.807) is 13.0 Å². The number of unbranched alkanes of at least 4 members (excludes halogenated alkanes) is 1. The molecule has 0 aliphatic heterocycles. The highest BCUT2D eigenvalue weighted by Crippen LogP contribution is 2.68. The maximum Gasteiger partial charge on any atom is 0.335 e. The molecule has 4 aliphatic rings. The number of guanidine groups is 1. The van der Waals surface area contributed by atoms with Crippen molar-refractivity contribution in [2.75, 3.05) is 6.54 Å². The molecular weight excluding hydrogens is 648 g/mol. The minimum absolute atomic E-state index is 0.0362. The van der Waals surface area contributed by atoms with Crippen molar-refractivity contribution in [1.29, 1.82) is 0 Å². The van der Waals surface area contributed by atoms with Gasteiger partial charge in [-0.2, -0.15) is 0 Å². The van der Waals surface area contributed by atoms with Crippen LogP contribution < -0.4 is 22.4 Å². The van der Waals surface area contributed by atoms with Crippen LogP contribution in [0.3, 0.4) is 0 Å². The van der Waals surface area contributed by atoms with Crippen LogP contribution in [0.5, 0.6) is 0 Å². The zero-order chi connectivity index (χ0) is 36.4. The molecule has 1 aromatic heterocycles. The maximum atomic E-state index is 14.1. The average molecular weight is 699 g/mol. The number of hydrogen-bond acceptors (Lipinski definition) is 10. The summed E-state index contributed by atoms with van der Waals surface area (Å²) >= 11 is 0. The lowest BCUT2D eigenvalue weighted by Crippen LogP contribution is -2.62. The monoisotopic (exact) mass is 698 g/mol. The van der Waals surface area contributed by atoms with Crippen molar-refractivity contribution in [2.45, 2.75) is 121 Å². The molecule has 1 heterocycles. The number of nitrogens with one attached hydrogen (secondary N) is 1. The standard InChI is InChI=1S/C36H50N4O10/c1-34-15-13-22(50-28(43)8-4-3-7-26(41)40-25(32(46)47)6-5-17-39-33(37)38)18-21(34)10-11-24-29(34)30(44)31(45)35(2)23(14-16-36(24,35)48)20-9-12-27(42)49-19-20/h9,12,19,21-25,44,48H,3-8,10-11,13-18H2,1-2H3,(H,40,41)(H,46,47)(H4,37,38,39)/t21-,22+,23-,24-,25+,34+,35+,36+/m1/s1. The fraction of sp³-hybridized carbons (Fsp3) is 0.667. The molecule has 0 radical (unpaired) electrons. The van der Waals surface area contributed by atoms with Crippen molar-refractivity contribution < 1.29 is 43.7 Å². The lowest BCUT2D eigenvalue weighted by Gasteiger charge is -2.59. The second-order valence-corrected chi connectivity index (χ2v) is 14.9. The first kappa shape index (κ1) is 37.1. The number of esters is 1. The molecule has 50 heavy (non-hydrogen) atoms. The van der Waals surface area contributed by atoms with E-state index in [2.05, 4.69) is 17.2 Å². The summed E-state index contributed by atoms with van der Waals surface area (Å²) in [7, 11) is 0. The summed E-state index contributed by atoms with van der Waals surface area (Å²) in [6, 6.07) is 1.88. The Labute approximate surface area is 290 Å². The van der Waals surface area contributed by atoms with Gasteiger partial charge in [0, 0.05) is 37.3 Å². The van der Waals surface area contributed by atoms with Crippen LogP contribution in [0, 0.1) is 22.7 Å². The van der Waals surface area contributed by atoms with Gasteiger partial charge in [0.1, 0.15) is 12.1 Å². The Kier molecular flexibility index (Phi) is 10.8. The van der Waals surface area contributed by atoms with E-state index in [1.165, 1.54) is 12.3 Å². The Morgan fingerprint density at radius 2 is 1.78 bits per heavy atom. The van der Waals surface area contributed by atoms with Crippen molar-refractivity contribution in [2.24, 2.45) is 39.1 Å². The normalized spacial score (nSPS) is 32.3. The highest BCUT2D eigenvalue weighted by atomic mass is 16.5. The Morgan fingerprint density at radius 3 is 2.46 bits per heavy atom. The number of Topliss-reactive ketones (excluding diaryl/α,β-unsaturated/α-hetero) is 1. The van der Waals surface area contributed by atoms with Crippen molar-refractivity contribution in [3.8, 4) is 0 Å². The number of amides is 1. The molecule has 0 unspecified atom stereocenters. The van der Waals surface area contributed by atoms with E-state index in [4.69, 9.17) is 20.6 Å². The lowest BCUT2D eigenvalue weighted by molar-refractivity contribution is -0.163. The number of rotatable bonds is 13. The number of aliphatic carboxylic acids is 1. The maximum absolute atomic E-state index is 14.1. The quantitative estimate of drug-likeness (QED) is 0.0754. The molecule has 3 fully saturated rings. The summed E-state index contributed by atoms with van der Waals surface area (Å²) in [5.41, 5.74) is 8.11. The summed E-state index contributed by atoms with van der Waals surface area (Å²) in [6.45, 7) is 4.04. The molecule has 8 N–H and O–H groups in total. The number of carboxylic acids is 1. The number of aliphatic hydroxyl groups is 2. The predicted molar refractivity (Wildman–Crippen MR) is 181 cm³/mol. The Bertz CT molecular complexity index is 1600. The summed E-state index contributed by atoms with van der Waals surface area (Å²) in [5.74, 6) is -3.55. The first-order valence-electron chi connectivity index (χ1n) is 17.7. The zero-order valence-electron chi connectivity index (χ0n) is 28.8. The Balaban J connectivity index is 1.14. The number of carboxylic acid groups (broad SMARTS) is 1. The zero-order valence-corrected chi connectivity index (χ0v) is 28.8. The second-order valence-electron chi connectivity index (χ2n) is 14.9. The van der Waals surface area contributed by atoms with E-state index in [0.717, 1.165) is 6.42 Å². The number of aliphatic hydroxyl groups excluding tert-OH is 1. The van der Waals surface area contributed by atoms with Crippen molar-refractivity contribution in [3.05, 3.63) is 45.7 Å². The van der Waals surface area contributed by atoms with E-state index >= 15 is 0 Å². The van der Waals surface area contributed by atoms with Gasteiger partial charge in [-0.1, -0.05) is 6.92 Å². The van der Waals surface area contributed by atoms with Gasteiger partial charge < -0.3 is 41.3 Å². The number of aliphatic imine (C=N–C) groups is 1. The Hall–Kier alpha value is -4.20. The van der Waals surface area contributed by atoms with Crippen LogP contribution in [0.4, 0.5) is 0 Å². The molecule has 3 saturated carbocycles. The summed E-state index contributed by atoms with van der Waals surface area (Å²) < 4.78 is 10.9. The van der Waals surface area contributed by atoms with Gasteiger partial charge in [0.15, 0.2) is 11.7 Å². The smallest absolute Gasteiger partial charge is 0.335 e. The minimum Gasteiger partial charge on any atom is -0.504 e. The molecule has 0 saturated heterocycles. The first-order valence-corrected chi connectivity index (χ1v) is 17.7. The van der Waals surface area contributed by atoms with Gasteiger partial charge in [0.05, 0.1) is 17.3 Å². The molecule has 0 aromatic carbocycles. The molecule has 1 aromatic rings. The molecular formula is C36H50N4O10. The third kappa shape index (κ3) is 6.90. The molecule has 1 amide bonds. The van der Waals surface area contributed by atoms with Crippen molar-refractivity contribution >= 4 is 29.6 Å². The van der Waals surface area contributed by atoms with Crippen molar-refractivity contribution in [3.63, 3.8) is 0 Å². The van der Waals surface area contributed by atoms with Gasteiger partial charge in [0.2, 0.25) is 11.7 Å². The van der Waals surface area contributed by atoms with Crippen LogP contribution >= 0.6 is 0 Å². The largest absolute Gasteiger partial charge is 0.504 e. The SMILES string of the molecule is C[C@]12CC[C@H](OC(=O)CCCCC(=O)N[C@@H](CCCN=C(N)N)C(=O)O)C[C@H]1CC[C@@H]1C2=C(O)C(=O)[C@]2(C)[C@@H](c3ccc(=O)oc3)CC[C@]12O. The summed E-state index contributed by atoms with van der Waals surface area (Å²) in [5, 5.41) is 35.9. The van der Waals surface area contributed by atoms with Crippen LogP contribution in [0.2, 0.25) is 0 Å². The topological polar surface area (TPSA) is 245 Å². The molecule has 0 spiro atoms. The van der Waals surface area contributed by atoms with Crippen LogP contribution in [0.25, 0.3) is 0 Å². The number of nitrogens with zero attached hydrogens (tertiary/aromatic N) is 1. The van der Waals surface area contributed by atoms with E-state index in [-0.39, 0.29) is 55.5 Å². The number of carbonyl (C=O) groups is 4. The van der Waals surface area contributed by atoms with Gasteiger partial charge in [-0.15, -0.1) is 0 Å². The van der Waals surface area contributed by atoms with Gasteiger partial charge in [-0.3, -0.25) is 19.4 Å². The van der Waals surface area contributed by atoms with Crippen molar-refractivity contribution in [1.82, 2.24) is 5.32 Å². The van der Waals surface area contributed by atoms with Crippen LogP contribution in [0.1, 0.15) is 109 Å². The van der Waals surface area contributed by atoms with Gasteiger partial charge in [0.25, 0.3) is 0 Å². The Morgan fingerprint density at radius 1 is 1.04 bits per heavy atom. The lowest BCUT2D eigenvalue weighted by atomic mass is 9.46. The summed E-state index contributed by atoms with van der Waals surface area (Å²) in [6.07, 6.45) is 6.47. The number of allylic oxidation sites excluding steroid dienone is 1. The van der Waals surface area contributed by atoms with Crippen LogP contribution in [-0.4, -0.2) is 69.2 Å². The number of ether oxygens (including phenoxy) is 1. The number of fused-ring (bicyclic) bond motifs is 5. The molecule has 0 bridgehead atoms. The molecule has 4 aliphatic carbocycles. The van der Waals surface area contributed by atoms with Gasteiger partial charge in [-0.05, 0) is 106 Å². The number of hydrogen-bond donors (Lipinski definition) is 6. The van der Waals surface area contributed by atoms with E-state index in [0.29, 0.717) is 68.9 Å². The number of carbonyl (C=O) groups excluding carboxylic acids is 3.